The van der Waals surface area contributed by atoms with Crippen LogP contribution < -0.4 is 0 Å². The summed E-state index contributed by atoms with van der Waals surface area (Å²) in [6, 6.07) is 25.1. The SMILES string of the molecule is c1ccc2c(c1)oc1cc3c(cc12)oc1c3ccc2c1c1ccccc1c1nccn21. The molecule has 0 saturated carbocycles. The fraction of sp³-hybridized carbons (Fsp3) is 0. The molecule has 0 aliphatic carbocycles. The summed E-state index contributed by atoms with van der Waals surface area (Å²) in [6.45, 7) is 0. The topological polar surface area (TPSA) is 43.6 Å². The Morgan fingerprint density at radius 1 is 0.613 bits per heavy atom. The Kier molecular flexibility index (Phi) is 2.62. The van der Waals surface area contributed by atoms with Gasteiger partial charge in [-0.1, -0.05) is 42.5 Å². The van der Waals surface area contributed by atoms with Gasteiger partial charge in [0.1, 0.15) is 28.0 Å². The molecule has 8 aromatic rings. The van der Waals surface area contributed by atoms with E-state index in [1.54, 1.807) is 0 Å². The number of para-hydroxylation sites is 1. The van der Waals surface area contributed by atoms with Crippen LogP contribution >= 0.6 is 0 Å². The minimum atomic E-state index is 0.872. The molecule has 31 heavy (non-hydrogen) atoms. The number of nitrogens with zero attached hydrogens (tertiary/aromatic N) is 2. The van der Waals surface area contributed by atoms with Gasteiger partial charge in [0.2, 0.25) is 0 Å². The Balaban J connectivity index is 1.62. The Morgan fingerprint density at radius 3 is 2.26 bits per heavy atom. The van der Waals surface area contributed by atoms with Gasteiger partial charge in [-0.25, -0.2) is 4.98 Å². The number of imidazole rings is 1. The predicted octanol–water partition coefficient (Wildman–Crippen LogP) is 7.44. The second-order valence-corrected chi connectivity index (χ2v) is 8.05. The lowest BCUT2D eigenvalue weighted by molar-refractivity contribution is 0.665. The predicted molar refractivity (Wildman–Crippen MR) is 125 cm³/mol. The van der Waals surface area contributed by atoms with Crippen LogP contribution in [-0.4, -0.2) is 9.38 Å². The quantitative estimate of drug-likeness (QED) is 0.249. The van der Waals surface area contributed by atoms with Crippen LogP contribution in [0.1, 0.15) is 0 Å². The standard InChI is InChI=1S/C27H14N2O2/c1-2-7-18-16(6-1)25-21(29-12-11-28-27(18)29)10-9-17-20-14-23-19(13-24(20)31-26(17)25)15-5-3-4-8-22(15)30-23/h1-14H. The van der Waals surface area contributed by atoms with E-state index in [9.17, 15) is 0 Å². The third-order valence-corrected chi connectivity index (χ3v) is 6.45. The molecule has 0 aliphatic rings. The highest BCUT2D eigenvalue weighted by molar-refractivity contribution is 6.25. The molecule has 0 aliphatic heterocycles. The van der Waals surface area contributed by atoms with E-state index < -0.39 is 0 Å². The van der Waals surface area contributed by atoms with Crippen molar-refractivity contribution in [2.45, 2.75) is 0 Å². The zero-order valence-corrected chi connectivity index (χ0v) is 16.3. The minimum Gasteiger partial charge on any atom is -0.456 e. The Morgan fingerprint density at radius 2 is 1.35 bits per heavy atom. The van der Waals surface area contributed by atoms with Crippen molar-refractivity contribution in [3.8, 4) is 0 Å². The molecule has 4 aromatic heterocycles. The molecule has 144 valence electrons. The summed E-state index contributed by atoms with van der Waals surface area (Å²) in [5, 5.41) is 7.72. The zero-order valence-electron chi connectivity index (χ0n) is 16.3. The molecule has 4 nitrogen and oxygen atoms in total. The van der Waals surface area contributed by atoms with Gasteiger partial charge in [0.25, 0.3) is 0 Å². The van der Waals surface area contributed by atoms with Gasteiger partial charge >= 0.3 is 0 Å². The van der Waals surface area contributed by atoms with Crippen LogP contribution in [0.25, 0.3) is 71.2 Å². The van der Waals surface area contributed by atoms with Crippen LogP contribution in [0.15, 0.2) is 94.0 Å². The maximum Gasteiger partial charge on any atom is 0.145 e. The van der Waals surface area contributed by atoms with Crippen LogP contribution in [0, 0.1) is 0 Å². The van der Waals surface area contributed by atoms with Crippen molar-refractivity contribution in [2.75, 3.05) is 0 Å². The molecule has 8 rings (SSSR count). The van der Waals surface area contributed by atoms with Gasteiger partial charge in [-0.05, 0) is 35.7 Å². The van der Waals surface area contributed by atoms with E-state index in [0.29, 0.717) is 0 Å². The van der Waals surface area contributed by atoms with Crippen molar-refractivity contribution < 1.29 is 8.83 Å². The summed E-state index contributed by atoms with van der Waals surface area (Å²) in [5.74, 6) is 0. The van der Waals surface area contributed by atoms with Crippen molar-refractivity contribution in [1.29, 1.82) is 0 Å². The lowest BCUT2D eigenvalue weighted by atomic mass is 10.0. The highest BCUT2D eigenvalue weighted by atomic mass is 16.3. The van der Waals surface area contributed by atoms with Crippen LogP contribution in [0.3, 0.4) is 0 Å². The van der Waals surface area contributed by atoms with Crippen LogP contribution in [0.4, 0.5) is 0 Å². The highest BCUT2D eigenvalue weighted by Crippen LogP contribution is 2.41. The Bertz CT molecular complexity index is 2000. The van der Waals surface area contributed by atoms with Crippen molar-refractivity contribution >= 4 is 71.2 Å². The first-order valence-electron chi connectivity index (χ1n) is 10.3. The van der Waals surface area contributed by atoms with Gasteiger partial charge in [-0.3, -0.25) is 4.40 Å². The summed E-state index contributed by atoms with van der Waals surface area (Å²) in [7, 11) is 0. The van der Waals surface area contributed by atoms with Crippen LogP contribution in [0.2, 0.25) is 0 Å². The molecule has 0 N–H and O–H groups in total. The number of aromatic nitrogens is 2. The Hall–Kier alpha value is -4.31. The normalized spacial score (nSPS) is 12.5. The molecule has 4 aromatic carbocycles. The zero-order chi connectivity index (χ0) is 20.1. The molecule has 0 saturated heterocycles. The molecule has 4 heteroatoms. The van der Waals surface area contributed by atoms with Gasteiger partial charge in [0, 0.05) is 44.7 Å². The highest BCUT2D eigenvalue weighted by Gasteiger charge is 2.18. The fourth-order valence-corrected chi connectivity index (χ4v) is 5.10. The third kappa shape index (κ3) is 1.83. The molecule has 0 atom stereocenters. The molecular formula is C27H14N2O2. The van der Waals surface area contributed by atoms with Gasteiger partial charge in [-0.15, -0.1) is 0 Å². The van der Waals surface area contributed by atoms with Crippen molar-refractivity contribution in [1.82, 2.24) is 9.38 Å². The second-order valence-electron chi connectivity index (χ2n) is 8.05. The largest absolute Gasteiger partial charge is 0.456 e. The smallest absolute Gasteiger partial charge is 0.145 e. The molecule has 0 spiro atoms. The maximum absolute atomic E-state index is 6.55. The fourth-order valence-electron chi connectivity index (χ4n) is 5.10. The minimum absolute atomic E-state index is 0.872. The van der Waals surface area contributed by atoms with Crippen molar-refractivity contribution in [3.63, 3.8) is 0 Å². The summed E-state index contributed by atoms with van der Waals surface area (Å²) in [4.78, 5) is 4.60. The van der Waals surface area contributed by atoms with E-state index >= 15 is 0 Å². The molecule has 4 heterocycles. The first kappa shape index (κ1) is 15.5. The average molecular weight is 398 g/mol. The van der Waals surface area contributed by atoms with Crippen LogP contribution in [-0.2, 0) is 0 Å². The summed E-state index contributed by atoms with van der Waals surface area (Å²) in [5.41, 5.74) is 5.60. The second kappa shape index (κ2) is 5.24. The maximum atomic E-state index is 6.55. The van der Waals surface area contributed by atoms with Gasteiger partial charge in [0.05, 0.1) is 5.52 Å². The average Bonchev–Trinajstić information content (AvgIpc) is 3.52. The molecule has 0 bridgehead atoms. The number of furan rings is 2. The van der Waals surface area contributed by atoms with E-state index in [-0.39, 0.29) is 0 Å². The number of benzene rings is 4. The van der Waals surface area contributed by atoms with Gasteiger partial charge < -0.3 is 8.83 Å². The Labute approximate surface area is 174 Å². The lowest BCUT2D eigenvalue weighted by Crippen LogP contribution is -1.90. The monoisotopic (exact) mass is 398 g/mol. The van der Waals surface area contributed by atoms with E-state index in [2.05, 4.69) is 64.0 Å². The first-order valence-corrected chi connectivity index (χ1v) is 10.3. The van der Waals surface area contributed by atoms with E-state index in [4.69, 9.17) is 8.83 Å². The number of pyridine rings is 1. The summed E-state index contributed by atoms with van der Waals surface area (Å²) < 4.78 is 14.8. The van der Waals surface area contributed by atoms with E-state index in [1.165, 1.54) is 0 Å². The molecule has 0 unspecified atom stereocenters. The number of hydrogen-bond donors (Lipinski definition) is 0. The van der Waals surface area contributed by atoms with E-state index in [0.717, 1.165) is 71.2 Å². The molecule has 0 fully saturated rings. The number of fused-ring (bicyclic) bond motifs is 13. The number of rotatable bonds is 0. The lowest BCUT2D eigenvalue weighted by Gasteiger charge is -2.08. The van der Waals surface area contributed by atoms with E-state index in [1.807, 2.05) is 30.6 Å². The molecule has 0 amide bonds. The summed E-state index contributed by atoms with van der Waals surface area (Å²) in [6.07, 6.45) is 3.86. The number of hydrogen-bond acceptors (Lipinski definition) is 3. The van der Waals surface area contributed by atoms with Crippen molar-refractivity contribution in [3.05, 3.63) is 85.2 Å². The van der Waals surface area contributed by atoms with Gasteiger partial charge in [-0.2, -0.15) is 0 Å². The molecule has 0 radical (unpaired) electrons. The van der Waals surface area contributed by atoms with Gasteiger partial charge in [0.15, 0.2) is 0 Å². The van der Waals surface area contributed by atoms with Crippen LogP contribution in [0.5, 0.6) is 0 Å². The van der Waals surface area contributed by atoms with Crippen molar-refractivity contribution in [2.24, 2.45) is 0 Å². The first-order chi connectivity index (χ1) is 15.4. The summed E-state index contributed by atoms with van der Waals surface area (Å²) >= 11 is 0. The third-order valence-electron chi connectivity index (χ3n) is 6.45. The molecular weight excluding hydrogens is 384 g/mol.